The van der Waals surface area contributed by atoms with Crippen molar-refractivity contribution in [2.24, 2.45) is 0 Å². The lowest BCUT2D eigenvalue weighted by atomic mass is 10.2. The standard InChI is InChI=1S/C21H20F2N4O2/c22-16-6-2-1-5-15(16)21-25-24-19(29-21)9-10-20(28)27-13-11-26(12-14-27)18-8-4-3-7-17(18)23/h1-8H,9-14H2. The minimum atomic E-state index is -0.438. The number of carbonyl (C=O) groups excluding carboxylic acids is 1. The third kappa shape index (κ3) is 4.26. The lowest BCUT2D eigenvalue weighted by molar-refractivity contribution is -0.131. The van der Waals surface area contributed by atoms with E-state index in [4.69, 9.17) is 4.42 Å². The van der Waals surface area contributed by atoms with Crippen LogP contribution in [0, 0.1) is 11.6 Å². The molecule has 0 saturated carbocycles. The van der Waals surface area contributed by atoms with Crippen LogP contribution in [0.1, 0.15) is 12.3 Å². The Kier molecular flexibility index (Phi) is 5.50. The van der Waals surface area contributed by atoms with Gasteiger partial charge in [0.25, 0.3) is 5.89 Å². The zero-order chi connectivity index (χ0) is 20.2. The van der Waals surface area contributed by atoms with Gasteiger partial charge in [-0.25, -0.2) is 8.78 Å². The molecule has 0 unspecified atom stereocenters. The van der Waals surface area contributed by atoms with E-state index in [1.165, 1.54) is 12.1 Å². The fourth-order valence-corrected chi connectivity index (χ4v) is 3.38. The van der Waals surface area contributed by atoms with E-state index >= 15 is 0 Å². The summed E-state index contributed by atoms with van der Waals surface area (Å²) in [6.07, 6.45) is 0.506. The Hall–Kier alpha value is -3.29. The van der Waals surface area contributed by atoms with Gasteiger partial charge in [-0.15, -0.1) is 10.2 Å². The van der Waals surface area contributed by atoms with Crippen LogP contribution in [0.4, 0.5) is 14.5 Å². The first kappa shape index (κ1) is 19.0. The molecule has 2 heterocycles. The molecule has 4 rings (SSSR count). The summed E-state index contributed by atoms with van der Waals surface area (Å²) in [5.41, 5.74) is 0.799. The summed E-state index contributed by atoms with van der Waals surface area (Å²) in [6.45, 7) is 2.20. The number of nitrogens with zero attached hydrogens (tertiary/aromatic N) is 4. The lowest BCUT2D eigenvalue weighted by Crippen LogP contribution is -2.49. The van der Waals surface area contributed by atoms with Crippen molar-refractivity contribution in [3.8, 4) is 11.5 Å². The highest BCUT2D eigenvalue weighted by atomic mass is 19.1. The molecule has 1 fully saturated rings. The number of halogens is 2. The number of piperazine rings is 1. The van der Waals surface area contributed by atoms with E-state index in [1.54, 1.807) is 41.3 Å². The van der Waals surface area contributed by atoms with Crippen LogP contribution in [0.5, 0.6) is 0 Å². The Morgan fingerprint density at radius 1 is 0.931 bits per heavy atom. The van der Waals surface area contributed by atoms with Crippen molar-refractivity contribution >= 4 is 11.6 Å². The molecule has 1 saturated heterocycles. The molecule has 150 valence electrons. The predicted octanol–water partition coefficient (Wildman–Crippen LogP) is 3.30. The molecule has 0 aliphatic carbocycles. The Bertz CT molecular complexity index is 1000. The smallest absolute Gasteiger partial charge is 0.250 e. The second-order valence-electron chi connectivity index (χ2n) is 6.80. The molecule has 0 atom stereocenters. The van der Waals surface area contributed by atoms with Gasteiger partial charge in [0.15, 0.2) is 0 Å². The fourth-order valence-electron chi connectivity index (χ4n) is 3.38. The van der Waals surface area contributed by atoms with Crippen LogP contribution in [0.3, 0.4) is 0 Å². The third-order valence-electron chi connectivity index (χ3n) is 4.95. The summed E-state index contributed by atoms with van der Waals surface area (Å²) < 4.78 is 33.2. The summed E-state index contributed by atoms with van der Waals surface area (Å²) in [5.74, 6) is -0.324. The number of amides is 1. The monoisotopic (exact) mass is 398 g/mol. The Morgan fingerprint density at radius 2 is 1.62 bits per heavy atom. The zero-order valence-corrected chi connectivity index (χ0v) is 15.7. The van der Waals surface area contributed by atoms with Gasteiger partial charge in [0.1, 0.15) is 11.6 Å². The van der Waals surface area contributed by atoms with E-state index in [9.17, 15) is 13.6 Å². The van der Waals surface area contributed by atoms with Gasteiger partial charge in [0, 0.05) is 39.0 Å². The number of aryl methyl sites for hydroxylation is 1. The number of hydrogen-bond acceptors (Lipinski definition) is 5. The van der Waals surface area contributed by atoms with Crippen molar-refractivity contribution in [3.63, 3.8) is 0 Å². The predicted molar refractivity (Wildman–Crippen MR) is 103 cm³/mol. The maximum absolute atomic E-state index is 13.9. The van der Waals surface area contributed by atoms with Crippen LogP contribution >= 0.6 is 0 Å². The average molecular weight is 398 g/mol. The molecule has 29 heavy (non-hydrogen) atoms. The molecule has 0 spiro atoms. The third-order valence-corrected chi connectivity index (χ3v) is 4.95. The number of hydrogen-bond donors (Lipinski definition) is 0. The van der Waals surface area contributed by atoms with Crippen molar-refractivity contribution in [2.75, 3.05) is 31.1 Å². The van der Waals surface area contributed by atoms with Gasteiger partial charge < -0.3 is 14.2 Å². The first-order valence-electron chi connectivity index (χ1n) is 9.46. The van der Waals surface area contributed by atoms with Gasteiger partial charge in [-0.1, -0.05) is 24.3 Å². The van der Waals surface area contributed by atoms with Gasteiger partial charge in [-0.3, -0.25) is 4.79 Å². The minimum absolute atomic E-state index is 0.0242. The van der Waals surface area contributed by atoms with E-state index in [2.05, 4.69) is 10.2 Å². The molecule has 0 bridgehead atoms. The van der Waals surface area contributed by atoms with Crippen molar-refractivity contribution < 1.29 is 18.0 Å². The van der Waals surface area contributed by atoms with Gasteiger partial charge in [-0.05, 0) is 24.3 Å². The molecule has 1 amide bonds. The first-order valence-corrected chi connectivity index (χ1v) is 9.46. The fraction of sp³-hybridized carbons (Fsp3) is 0.286. The summed E-state index contributed by atoms with van der Waals surface area (Å²) in [6, 6.07) is 12.8. The Balaban J connectivity index is 1.30. The van der Waals surface area contributed by atoms with E-state index < -0.39 is 5.82 Å². The molecule has 6 nitrogen and oxygen atoms in total. The van der Waals surface area contributed by atoms with Crippen LogP contribution in [0.25, 0.3) is 11.5 Å². The zero-order valence-electron chi connectivity index (χ0n) is 15.7. The lowest BCUT2D eigenvalue weighted by Gasteiger charge is -2.36. The SMILES string of the molecule is O=C(CCc1nnc(-c2ccccc2F)o1)N1CCN(c2ccccc2F)CC1. The van der Waals surface area contributed by atoms with E-state index in [-0.39, 0.29) is 36.0 Å². The maximum Gasteiger partial charge on any atom is 0.250 e. The molecule has 1 aliphatic heterocycles. The summed E-state index contributed by atoms with van der Waals surface area (Å²) >= 11 is 0. The number of benzene rings is 2. The summed E-state index contributed by atoms with van der Waals surface area (Å²) in [4.78, 5) is 16.2. The summed E-state index contributed by atoms with van der Waals surface area (Å²) in [7, 11) is 0. The van der Waals surface area contributed by atoms with Crippen LogP contribution in [-0.4, -0.2) is 47.2 Å². The molecular formula is C21H20F2N4O2. The highest BCUT2D eigenvalue weighted by Gasteiger charge is 2.23. The second kappa shape index (κ2) is 8.38. The molecule has 3 aromatic rings. The molecule has 1 aromatic heterocycles. The molecular weight excluding hydrogens is 378 g/mol. The highest BCUT2D eigenvalue weighted by Crippen LogP contribution is 2.22. The average Bonchev–Trinajstić information content (AvgIpc) is 3.22. The minimum Gasteiger partial charge on any atom is -0.421 e. The Morgan fingerprint density at radius 3 is 2.34 bits per heavy atom. The molecule has 0 N–H and O–H groups in total. The van der Waals surface area contributed by atoms with Crippen LogP contribution in [0.2, 0.25) is 0 Å². The van der Waals surface area contributed by atoms with Gasteiger partial charge in [-0.2, -0.15) is 0 Å². The number of anilines is 1. The summed E-state index contributed by atoms with van der Waals surface area (Å²) in [5, 5.41) is 7.77. The normalized spacial score (nSPS) is 14.3. The van der Waals surface area contributed by atoms with Crippen molar-refractivity contribution in [3.05, 3.63) is 66.1 Å². The van der Waals surface area contributed by atoms with Gasteiger partial charge in [0.2, 0.25) is 11.8 Å². The van der Waals surface area contributed by atoms with E-state index in [1.807, 2.05) is 4.90 Å². The molecule has 8 heteroatoms. The maximum atomic E-state index is 13.9. The van der Waals surface area contributed by atoms with Gasteiger partial charge >= 0.3 is 0 Å². The largest absolute Gasteiger partial charge is 0.421 e. The van der Waals surface area contributed by atoms with Crippen molar-refractivity contribution in [2.45, 2.75) is 12.8 Å². The van der Waals surface area contributed by atoms with Crippen molar-refractivity contribution in [1.82, 2.24) is 15.1 Å². The number of aromatic nitrogens is 2. The van der Waals surface area contributed by atoms with Crippen molar-refractivity contribution in [1.29, 1.82) is 0 Å². The quantitative estimate of drug-likeness (QED) is 0.660. The van der Waals surface area contributed by atoms with Gasteiger partial charge in [0.05, 0.1) is 11.3 Å². The van der Waals surface area contributed by atoms with E-state index in [0.29, 0.717) is 37.8 Å². The highest BCUT2D eigenvalue weighted by molar-refractivity contribution is 5.76. The first-order chi connectivity index (χ1) is 14.1. The number of para-hydroxylation sites is 1. The molecule has 0 radical (unpaired) electrons. The topological polar surface area (TPSA) is 62.5 Å². The van der Waals surface area contributed by atoms with E-state index in [0.717, 1.165) is 0 Å². The van der Waals surface area contributed by atoms with Crippen LogP contribution in [-0.2, 0) is 11.2 Å². The van der Waals surface area contributed by atoms with Crippen LogP contribution in [0.15, 0.2) is 52.9 Å². The number of rotatable bonds is 5. The Labute approximate surface area is 166 Å². The number of carbonyl (C=O) groups is 1. The van der Waals surface area contributed by atoms with Crippen LogP contribution < -0.4 is 4.90 Å². The molecule has 1 aliphatic rings. The molecule has 2 aromatic carbocycles. The second-order valence-corrected chi connectivity index (χ2v) is 6.80.